The molecule has 1 N–H and O–H groups in total. The lowest BCUT2D eigenvalue weighted by Gasteiger charge is -2.31. The van der Waals surface area contributed by atoms with Crippen LogP contribution >= 0.6 is 0 Å². The van der Waals surface area contributed by atoms with Crippen LogP contribution in [0.5, 0.6) is 0 Å². The van der Waals surface area contributed by atoms with Crippen LogP contribution in [-0.4, -0.2) is 47.2 Å². The molecule has 0 aromatic rings. The predicted octanol–water partition coefficient (Wildman–Crippen LogP) is 1.53. The minimum absolute atomic E-state index is 0.0257. The maximum atomic E-state index is 12.5. The van der Waals surface area contributed by atoms with Gasteiger partial charge in [0.15, 0.2) is 5.60 Å². The van der Waals surface area contributed by atoms with E-state index in [1.807, 2.05) is 0 Å². The van der Waals surface area contributed by atoms with Gasteiger partial charge >= 0.3 is 11.9 Å². The molecule has 3 aliphatic rings. The maximum absolute atomic E-state index is 12.5. The Morgan fingerprint density at radius 1 is 1.48 bits per heavy atom. The molecule has 27 heavy (non-hydrogen) atoms. The number of carbonyl (C=O) groups is 3. The van der Waals surface area contributed by atoms with Crippen molar-refractivity contribution in [1.82, 2.24) is 0 Å². The third-order valence-electron chi connectivity index (χ3n) is 5.24. The van der Waals surface area contributed by atoms with Crippen molar-refractivity contribution in [2.45, 2.75) is 45.0 Å². The molecule has 2 bridgehead atoms. The molecule has 3 aliphatic heterocycles. The highest BCUT2D eigenvalue weighted by Crippen LogP contribution is 2.42. The average Bonchev–Trinajstić information content (AvgIpc) is 3.08. The Balaban J connectivity index is 2.07. The Kier molecular flexibility index (Phi) is 4.82. The Labute approximate surface area is 157 Å². The van der Waals surface area contributed by atoms with Crippen LogP contribution in [0.1, 0.15) is 27.2 Å². The van der Waals surface area contributed by atoms with Crippen LogP contribution in [0.15, 0.2) is 47.3 Å². The number of carbonyl (C=O) groups excluding carboxylic acids is 3. The summed E-state index contributed by atoms with van der Waals surface area (Å²) in [5.74, 6) is -1.90. The number of ether oxygens (including phenoxy) is 3. The largest absolute Gasteiger partial charge is 0.479 e. The Hall–Kier alpha value is -2.67. The summed E-state index contributed by atoms with van der Waals surface area (Å²) in [6.07, 6.45) is 2.83. The predicted molar refractivity (Wildman–Crippen MR) is 94.2 cm³/mol. The van der Waals surface area contributed by atoms with E-state index in [9.17, 15) is 19.5 Å². The second-order valence-electron chi connectivity index (χ2n) is 7.10. The summed E-state index contributed by atoms with van der Waals surface area (Å²) < 4.78 is 16.8. The van der Waals surface area contributed by atoms with Crippen molar-refractivity contribution in [3.05, 3.63) is 47.3 Å². The number of aliphatic hydroxyl groups is 1. The van der Waals surface area contributed by atoms with Crippen molar-refractivity contribution < 1.29 is 33.7 Å². The fraction of sp³-hybridized carbons (Fsp3) is 0.450. The summed E-state index contributed by atoms with van der Waals surface area (Å²) in [6.45, 7) is 8.31. The van der Waals surface area contributed by atoms with Crippen molar-refractivity contribution in [1.29, 1.82) is 0 Å². The summed E-state index contributed by atoms with van der Waals surface area (Å²) in [4.78, 5) is 37.0. The lowest BCUT2D eigenvalue weighted by atomic mass is 9.82. The first-order chi connectivity index (χ1) is 12.7. The highest BCUT2D eigenvalue weighted by molar-refractivity contribution is 6.00. The van der Waals surface area contributed by atoms with E-state index in [2.05, 4.69) is 6.58 Å². The molecule has 0 amide bonds. The zero-order chi connectivity index (χ0) is 19.9. The first-order valence-corrected chi connectivity index (χ1v) is 8.71. The van der Waals surface area contributed by atoms with Crippen molar-refractivity contribution in [3.63, 3.8) is 0 Å². The van der Waals surface area contributed by atoms with Gasteiger partial charge in [-0.1, -0.05) is 12.7 Å². The van der Waals surface area contributed by atoms with Crippen molar-refractivity contribution in [2.75, 3.05) is 6.61 Å². The standard InChI is InChI=1S/C20H22O7/c1-5-10(2)18(23)26-15-8-20(4)16(22)7-13(27-20)12(9-21)6-14-17(15)11(3)19(24)25-14/h5-7,14-15,17,21H,3,8-9H2,1-2,4H3/b10-5-,12-6+/t14-,15-,17-,20?/m0/s1. The molecule has 0 aliphatic carbocycles. The van der Waals surface area contributed by atoms with E-state index in [0.29, 0.717) is 11.1 Å². The van der Waals surface area contributed by atoms with Gasteiger partial charge < -0.3 is 19.3 Å². The monoisotopic (exact) mass is 374 g/mol. The molecular formula is C20H22O7. The highest BCUT2D eigenvalue weighted by Gasteiger charge is 2.52. The van der Waals surface area contributed by atoms with Crippen LogP contribution in [0.3, 0.4) is 0 Å². The molecule has 1 unspecified atom stereocenters. The fourth-order valence-corrected chi connectivity index (χ4v) is 3.46. The van der Waals surface area contributed by atoms with Gasteiger partial charge in [0.2, 0.25) is 5.78 Å². The summed E-state index contributed by atoms with van der Waals surface area (Å²) in [6, 6.07) is 0. The average molecular weight is 374 g/mol. The maximum Gasteiger partial charge on any atom is 0.334 e. The van der Waals surface area contributed by atoms with Crippen LogP contribution < -0.4 is 0 Å². The van der Waals surface area contributed by atoms with Gasteiger partial charge in [-0.15, -0.1) is 0 Å². The van der Waals surface area contributed by atoms with Crippen LogP contribution in [-0.2, 0) is 28.6 Å². The number of fused-ring (bicyclic) bond motifs is 3. The second-order valence-corrected chi connectivity index (χ2v) is 7.10. The number of esters is 2. The molecule has 0 spiro atoms. The van der Waals surface area contributed by atoms with Gasteiger partial charge in [-0.2, -0.15) is 0 Å². The van der Waals surface area contributed by atoms with Gasteiger partial charge in [-0.05, 0) is 26.8 Å². The normalized spacial score (nSPS) is 35.0. The van der Waals surface area contributed by atoms with Crippen molar-refractivity contribution in [2.24, 2.45) is 5.92 Å². The molecule has 3 heterocycles. The van der Waals surface area contributed by atoms with Gasteiger partial charge in [0.25, 0.3) is 0 Å². The van der Waals surface area contributed by atoms with Crippen LogP contribution in [0, 0.1) is 5.92 Å². The van der Waals surface area contributed by atoms with Crippen LogP contribution in [0.4, 0.5) is 0 Å². The third-order valence-corrected chi connectivity index (χ3v) is 5.24. The van der Waals surface area contributed by atoms with E-state index in [4.69, 9.17) is 14.2 Å². The van der Waals surface area contributed by atoms with E-state index in [1.165, 1.54) is 12.2 Å². The first kappa shape index (κ1) is 19.1. The summed E-state index contributed by atoms with van der Waals surface area (Å²) in [5, 5.41) is 9.70. The summed E-state index contributed by atoms with van der Waals surface area (Å²) >= 11 is 0. The second kappa shape index (κ2) is 6.81. The molecule has 7 nitrogen and oxygen atoms in total. The number of hydrogen-bond acceptors (Lipinski definition) is 7. The van der Waals surface area contributed by atoms with Crippen LogP contribution in [0.2, 0.25) is 0 Å². The van der Waals surface area contributed by atoms with E-state index in [1.54, 1.807) is 26.8 Å². The van der Waals surface area contributed by atoms with E-state index < -0.39 is 42.3 Å². The zero-order valence-electron chi connectivity index (χ0n) is 15.5. The summed E-state index contributed by atoms with van der Waals surface area (Å²) in [5.41, 5.74) is -0.385. The molecule has 0 aromatic carbocycles. The smallest absolute Gasteiger partial charge is 0.334 e. The number of aliphatic hydroxyl groups excluding tert-OH is 1. The van der Waals surface area contributed by atoms with E-state index >= 15 is 0 Å². The van der Waals surface area contributed by atoms with Gasteiger partial charge in [-0.3, -0.25) is 4.79 Å². The molecule has 3 rings (SSSR count). The zero-order valence-corrected chi connectivity index (χ0v) is 15.5. The molecule has 7 heteroatoms. The number of ketones is 1. The molecule has 0 radical (unpaired) electrons. The molecule has 144 valence electrons. The van der Waals surface area contributed by atoms with E-state index in [-0.39, 0.29) is 23.5 Å². The molecule has 1 saturated heterocycles. The molecular weight excluding hydrogens is 352 g/mol. The lowest BCUT2D eigenvalue weighted by molar-refractivity contribution is -0.153. The topological polar surface area (TPSA) is 99.1 Å². The Morgan fingerprint density at radius 3 is 2.81 bits per heavy atom. The highest BCUT2D eigenvalue weighted by atomic mass is 16.6. The van der Waals surface area contributed by atoms with Gasteiger partial charge in [0, 0.05) is 29.2 Å². The van der Waals surface area contributed by atoms with E-state index in [0.717, 1.165) is 0 Å². The van der Waals surface area contributed by atoms with Gasteiger partial charge in [-0.25, -0.2) is 9.59 Å². The van der Waals surface area contributed by atoms with Crippen molar-refractivity contribution >= 4 is 17.7 Å². The Morgan fingerprint density at radius 2 is 2.19 bits per heavy atom. The molecule has 4 atom stereocenters. The first-order valence-electron chi connectivity index (χ1n) is 8.71. The van der Waals surface area contributed by atoms with Gasteiger partial charge in [0.1, 0.15) is 18.0 Å². The lowest BCUT2D eigenvalue weighted by Crippen LogP contribution is -2.42. The van der Waals surface area contributed by atoms with Gasteiger partial charge in [0.05, 0.1) is 12.5 Å². The molecule has 1 fully saturated rings. The molecule has 0 saturated carbocycles. The third kappa shape index (κ3) is 3.23. The minimum atomic E-state index is -1.28. The fourth-order valence-electron chi connectivity index (χ4n) is 3.46. The minimum Gasteiger partial charge on any atom is -0.479 e. The number of hydrogen-bond donors (Lipinski definition) is 1. The van der Waals surface area contributed by atoms with Crippen LogP contribution in [0.25, 0.3) is 0 Å². The summed E-state index contributed by atoms with van der Waals surface area (Å²) in [7, 11) is 0. The SMILES string of the molecule is C=C1C(=O)O[C@H]2/C=C(\CO)C3=CC(=O)C(C)(C[C@H](OC(=O)/C(C)=C\C)[C@@H]12)O3. The van der Waals surface area contributed by atoms with Crippen molar-refractivity contribution in [3.8, 4) is 0 Å². The Bertz CT molecular complexity index is 816. The quantitative estimate of drug-likeness (QED) is 0.591. The number of allylic oxidation sites excluding steroid dienone is 1. The molecule has 0 aromatic heterocycles. The number of rotatable bonds is 3.